The van der Waals surface area contributed by atoms with Crippen LogP contribution in [0.4, 0.5) is 0 Å². The number of hydrogen-bond donors (Lipinski definition) is 0. The Morgan fingerprint density at radius 1 is 0.944 bits per heavy atom. The van der Waals surface area contributed by atoms with Gasteiger partial charge in [0.2, 0.25) is 0 Å². The second-order valence-corrected chi connectivity index (χ2v) is 10.2. The molecule has 102 valence electrons. The molecule has 0 heterocycles. The lowest BCUT2D eigenvalue weighted by Crippen LogP contribution is -2.51. The van der Waals surface area contributed by atoms with Gasteiger partial charge in [-0.3, -0.25) is 0 Å². The van der Waals surface area contributed by atoms with E-state index in [0.717, 1.165) is 17.4 Å². The van der Waals surface area contributed by atoms with Gasteiger partial charge in [-0.2, -0.15) is 0 Å². The highest BCUT2D eigenvalue weighted by atomic mass is 28.4. The van der Waals surface area contributed by atoms with Gasteiger partial charge in [0.05, 0.1) is 0 Å². The second-order valence-electron chi connectivity index (χ2n) is 6.35. The molecule has 0 spiro atoms. The van der Waals surface area contributed by atoms with E-state index in [1.165, 1.54) is 44.9 Å². The first-order valence-electron chi connectivity index (χ1n) is 7.58. The third kappa shape index (κ3) is 1.91. The van der Waals surface area contributed by atoms with Gasteiger partial charge in [-0.1, -0.05) is 31.4 Å². The molecule has 0 aromatic heterocycles. The van der Waals surface area contributed by atoms with Crippen LogP contribution in [0.1, 0.15) is 44.9 Å². The fraction of sp³-hybridized carbons (Fsp3) is 0.867. The zero-order valence-corrected chi connectivity index (χ0v) is 12.7. The van der Waals surface area contributed by atoms with Gasteiger partial charge in [-0.05, 0) is 37.5 Å². The van der Waals surface area contributed by atoms with Crippen molar-refractivity contribution in [3.8, 4) is 0 Å². The van der Waals surface area contributed by atoms with E-state index in [2.05, 4.69) is 12.2 Å². The maximum absolute atomic E-state index is 6.15. The molecule has 0 N–H and O–H groups in total. The third-order valence-electron chi connectivity index (χ3n) is 5.61. The number of rotatable bonds is 4. The zero-order valence-electron chi connectivity index (χ0n) is 11.7. The van der Waals surface area contributed by atoms with Gasteiger partial charge in [0.1, 0.15) is 0 Å². The molecule has 0 aromatic carbocycles. The summed E-state index contributed by atoms with van der Waals surface area (Å²) in [4.78, 5) is 0. The van der Waals surface area contributed by atoms with Crippen molar-refractivity contribution in [2.45, 2.75) is 56.0 Å². The minimum atomic E-state index is -2.01. The summed E-state index contributed by atoms with van der Waals surface area (Å²) in [5, 5.41) is 0. The fourth-order valence-corrected chi connectivity index (χ4v) is 9.50. The van der Waals surface area contributed by atoms with Crippen molar-refractivity contribution in [3.05, 3.63) is 12.2 Å². The lowest BCUT2D eigenvalue weighted by atomic mass is 10.0. The van der Waals surface area contributed by atoms with E-state index in [4.69, 9.17) is 8.85 Å². The van der Waals surface area contributed by atoms with E-state index in [9.17, 15) is 0 Å². The van der Waals surface area contributed by atoms with Crippen LogP contribution in [-0.2, 0) is 8.85 Å². The summed E-state index contributed by atoms with van der Waals surface area (Å²) < 4.78 is 12.3. The molecule has 3 atom stereocenters. The van der Waals surface area contributed by atoms with Crippen LogP contribution in [0.15, 0.2) is 12.2 Å². The fourth-order valence-electron chi connectivity index (χ4n) is 4.77. The SMILES string of the molecule is CO[Si](OC)(C1CCCCC1)C1CC2C=CC1C2. The van der Waals surface area contributed by atoms with Crippen LogP contribution in [-0.4, -0.2) is 22.8 Å². The standard InChI is InChI=1S/C15H26O2Si/c1-16-18(17-2,14-6-4-3-5-7-14)15-11-12-8-9-13(15)10-12/h8-9,12-15H,3-7,10-11H2,1-2H3. The predicted molar refractivity (Wildman–Crippen MR) is 75.7 cm³/mol. The summed E-state index contributed by atoms with van der Waals surface area (Å²) >= 11 is 0. The highest BCUT2D eigenvalue weighted by molar-refractivity contribution is 6.70. The Labute approximate surface area is 112 Å². The van der Waals surface area contributed by atoms with Gasteiger partial charge in [0.25, 0.3) is 0 Å². The van der Waals surface area contributed by atoms with Crippen molar-refractivity contribution in [1.29, 1.82) is 0 Å². The molecule has 3 aliphatic rings. The molecule has 2 bridgehead atoms. The first-order valence-corrected chi connectivity index (χ1v) is 9.56. The molecule has 0 aliphatic heterocycles. The molecular formula is C15H26O2Si. The summed E-state index contributed by atoms with van der Waals surface area (Å²) in [6, 6.07) is 0. The summed E-state index contributed by atoms with van der Waals surface area (Å²) in [5.74, 6) is 1.57. The van der Waals surface area contributed by atoms with Crippen molar-refractivity contribution in [2.24, 2.45) is 11.8 Å². The number of fused-ring (bicyclic) bond motifs is 2. The Kier molecular flexibility index (Phi) is 3.65. The Morgan fingerprint density at radius 3 is 2.17 bits per heavy atom. The van der Waals surface area contributed by atoms with Crippen LogP contribution in [0.5, 0.6) is 0 Å². The lowest BCUT2D eigenvalue weighted by Gasteiger charge is -2.43. The Hall–Kier alpha value is -0.123. The van der Waals surface area contributed by atoms with Crippen LogP contribution >= 0.6 is 0 Å². The van der Waals surface area contributed by atoms with E-state index >= 15 is 0 Å². The molecule has 3 rings (SSSR count). The van der Waals surface area contributed by atoms with Gasteiger partial charge >= 0.3 is 8.56 Å². The Morgan fingerprint density at radius 2 is 1.67 bits per heavy atom. The summed E-state index contributed by atoms with van der Waals surface area (Å²) in [7, 11) is 1.82. The monoisotopic (exact) mass is 266 g/mol. The molecule has 3 heteroatoms. The minimum Gasteiger partial charge on any atom is -0.397 e. The van der Waals surface area contributed by atoms with Crippen molar-refractivity contribution in [2.75, 3.05) is 14.2 Å². The molecule has 3 aliphatic carbocycles. The smallest absolute Gasteiger partial charge is 0.344 e. The highest BCUT2D eigenvalue weighted by Crippen LogP contribution is 2.56. The quantitative estimate of drug-likeness (QED) is 0.565. The molecule has 18 heavy (non-hydrogen) atoms. The largest absolute Gasteiger partial charge is 0.397 e. The highest BCUT2D eigenvalue weighted by Gasteiger charge is 2.57. The molecule has 0 saturated heterocycles. The summed E-state index contributed by atoms with van der Waals surface area (Å²) in [6.07, 6.45) is 14.4. The Balaban J connectivity index is 1.83. The van der Waals surface area contributed by atoms with Crippen molar-refractivity contribution >= 4 is 8.56 Å². The molecule has 2 nitrogen and oxygen atoms in total. The van der Waals surface area contributed by atoms with E-state index in [0.29, 0.717) is 5.54 Å². The lowest BCUT2D eigenvalue weighted by molar-refractivity contribution is 0.198. The van der Waals surface area contributed by atoms with E-state index in [1.807, 2.05) is 14.2 Å². The molecule has 2 saturated carbocycles. The molecule has 2 fully saturated rings. The molecule has 0 aromatic rings. The summed E-state index contributed by atoms with van der Waals surface area (Å²) in [5.41, 5.74) is 1.45. The number of hydrogen-bond acceptors (Lipinski definition) is 2. The van der Waals surface area contributed by atoms with Crippen molar-refractivity contribution in [3.63, 3.8) is 0 Å². The van der Waals surface area contributed by atoms with E-state index in [-0.39, 0.29) is 0 Å². The average molecular weight is 266 g/mol. The van der Waals surface area contributed by atoms with Crippen LogP contribution in [0.25, 0.3) is 0 Å². The average Bonchev–Trinajstić information content (AvgIpc) is 3.05. The molecule has 0 radical (unpaired) electrons. The first kappa shape index (κ1) is 12.9. The minimum absolute atomic E-state index is 0.714. The van der Waals surface area contributed by atoms with E-state index in [1.54, 1.807) is 0 Å². The van der Waals surface area contributed by atoms with Crippen molar-refractivity contribution in [1.82, 2.24) is 0 Å². The Bertz CT molecular complexity index is 318. The molecule has 3 unspecified atom stereocenters. The van der Waals surface area contributed by atoms with Crippen LogP contribution in [0.2, 0.25) is 11.1 Å². The second kappa shape index (κ2) is 5.10. The normalized spacial score (nSPS) is 36.4. The molecular weight excluding hydrogens is 240 g/mol. The summed E-state index contributed by atoms with van der Waals surface area (Å²) in [6.45, 7) is 0. The van der Waals surface area contributed by atoms with Crippen LogP contribution in [0.3, 0.4) is 0 Å². The number of allylic oxidation sites excluding steroid dienone is 2. The maximum Gasteiger partial charge on any atom is 0.344 e. The zero-order chi connectivity index (χ0) is 12.6. The van der Waals surface area contributed by atoms with Gasteiger partial charge in [-0.25, -0.2) is 0 Å². The first-order chi connectivity index (χ1) is 8.80. The topological polar surface area (TPSA) is 18.5 Å². The van der Waals surface area contributed by atoms with E-state index < -0.39 is 8.56 Å². The van der Waals surface area contributed by atoms with Gasteiger partial charge in [0, 0.05) is 25.3 Å². The third-order valence-corrected chi connectivity index (χ3v) is 10.3. The maximum atomic E-state index is 6.15. The van der Waals surface area contributed by atoms with Gasteiger partial charge < -0.3 is 8.85 Å². The van der Waals surface area contributed by atoms with Crippen LogP contribution in [0, 0.1) is 11.8 Å². The van der Waals surface area contributed by atoms with Gasteiger partial charge in [0.15, 0.2) is 0 Å². The molecule has 0 amide bonds. The van der Waals surface area contributed by atoms with Gasteiger partial charge in [-0.15, -0.1) is 0 Å². The van der Waals surface area contributed by atoms with Crippen molar-refractivity contribution < 1.29 is 8.85 Å². The van der Waals surface area contributed by atoms with Crippen LogP contribution < -0.4 is 0 Å². The predicted octanol–water partition coefficient (Wildman–Crippen LogP) is 4.02.